The molecule has 0 aliphatic carbocycles. The summed E-state index contributed by atoms with van der Waals surface area (Å²) < 4.78 is 5.39. The third-order valence-corrected chi connectivity index (χ3v) is 5.24. The Morgan fingerprint density at radius 3 is 2.36 bits per heavy atom. The largest absolute Gasteiger partial charge is 0.423 e. The Labute approximate surface area is 152 Å². The summed E-state index contributed by atoms with van der Waals surface area (Å²) in [6.45, 7) is 5.66. The number of nitrogens with zero attached hydrogens (tertiary/aromatic N) is 1. The van der Waals surface area contributed by atoms with Crippen LogP contribution in [-0.4, -0.2) is 18.2 Å². The topological polar surface area (TPSA) is 33.5 Å². The highest BCUT2D eigenvalue weighted by Gasteiger charge is 2.10. The Bertz CT molecular complexity index is 945. The molecule has 0 bridgehead atoms. The molecular formula is C21H23NO2S. The van der Waals surface area contributed by atoms with Crippen molar-refractivity contribution in [2.75, 3.05) is 13.3 Å². The summed E-state index contributed by atoms with van der Waals surface area (Å²) in [4.78, 5) is 15.4. The molecule has 1 aromatic heterocycles. The van der Waals surface area contributed by atoms with Crippen LogP contribution in [0.3, 0.4) is 0 Å². The highest BCUT2D eigenvalue weighted by Crippen LogP contribution is 2.23. The lowest BCUT2D eigenvalue weighted by Crippen LogP contribution is -2.18. The number of rotatable bonds is 5. The third-order valence-electron chi connectivity index (χ3n) is 4.50. The number of benzene rings is 2. The van der Waals surface area contributed by atoms with Crippen molar-refractivity contribution in [3.05, 3.63) is 75.1 Å². The monoisotopic (exact) mass is 353 g/mol. The zero-order chi connectivity index (χ0) is 18.0. The van der Waals surface area contributed by atoms with Crippen LogP contribution in [0.15, 0.2) is 56.6 Å². The van der Waals surface area contributed by atoms with E-state index in [4.69, 9.17) is 4.42 Å². The standard InChI is InChI=1S/C21H23NO2S/c1-14-9-19-17(11-21(23)24-20(19)10-15(14)2)13-22(3)12-16-5-7-18(25-4)8-6-16/h5-11H,12-13H2,1-4H3. The molecule has 4 heteroatoms. The molecule has 0 spiro atoms. The minimum Gasteiger partial charge on any atom is -0.423 e. The quantitative estimate of drug-likeness (QED) is 0.489. The van der Waals surface area contributed by atoms with Crippen LogP contribution in [0.5, 0.6) is 0 Å². The summed E-state index contributed by atoms with van der Waals surface area (Å²) in [6.07, 6.45) is 2.08. The first-order valence-electron chi connectivity index (χ1n) is 8.31. The van der Waals surface area contributed by atoms with Gasteiger partial charge in [-0.25, -0.2) is 4.79 Å². The van der Waals surface area contributed by atoms with Gasteiger partial charge in [0.25, 0.3) is 0 Å². The SMILES string of the molecule is CSc1ccc(CN(C)Cc2cc(=O)oc3cc(C)c(C)cc23)cc1. The Morgan fingerprint density at radius 1 is 1.00 bits per heavy atom. The number of thioether (sulfide) groups is 1. The summed E-state index contributed by atoms with van der Waals surface area (Å²) in [7, 11) is 2.07. The van der Waals surface area contributed by atoms with Crippen molar-refractivity contribution in [2.45, 2.75) is 31.8 Å². The molecule has 3 aromatic rings. The van der Waals surface area contributed by atoms with Crippen LogP contribution in [0, 0.1) is 13.8 Å². The lowest BCUT2D eigenvalue weighted by Gasteiger charge is -2.18. The number of fused-ring (bicyclic) bond motifs is 1. The van der Waals surface area contributed by atoms with Crippen LogP contribution in [0.1, 0.15) is 22.3 Å². The van der Waals surface area contributed by atoms with Crippen LogP contribution in [0.25, 0.3) is 11.0 Å². The molecule has 0 atom stereocenters. The average molecular weight is 353 g/mol. The van der Waals surface area contributed by atoms with Crippen LogP contribution < -0.4 is 5.63 Å². The van der Waals surface area contributed by atoms with Crippen molar-refractivity contribution in [1.29, 1.82) is 0 Å². The minimum absolute atomic E-state index is 0.288. The highest BCUT2D eigenvalue weighted by atomic mass is 32.2. The van der Waals surface area contributed by atoms with Gasteiger partial charge < -0.3 is 4.42 Å². The predicted octanol–water partition coefficient (Wildman–Crippen LogP) is 4.76. The summed E-state index contributed by atoms with van der Waals surface area (Å²) in [5.41, 5.74) is 5.00. The van der Waals surface area contributed by atoms with E-state index in [9.17, 15) is 4.79 Å². The van der Waals surface area contributed by atoms with Gasteiger partial charge in [0.05, 0.1) is 0 Å². The van der Waals surface area contributed by atoms with E-state index in [0.29, 0.717) is 12.1 Å². The Hall–Kier alpha value is -2.04. The van der Waals surface area contributed by atoms with Gasteiger partial charge in [-0.1, -0.05) is 12.1 Å². The molecule has 0 N–H and O–H groups in total. The average Bonchev–Trinajstić information content (AvgIpc) is 2.57. The lowest BCUT2D eigenvalue weighted by atomic mass is 10.0. The van der Waals surface area contributed by atoms with E-state index in [1.807, 2.05) is 13.0 Å². The van der Waals surface area contributed by atoms with Crippen molar-refractivity contribution < 1.29 is 4.42 Å². The summed E-state index contributed by atoms with van der Waals surface area (Å²) in [5.74, 6) is 0. The fourth-order valence-electron chi connectivity index (χ4n) is 3.00. The molecule has 3 nitrogen and oxygen atoms in total. The molecule has 0 amide bonds. The van der Waals surface area contributed by atoms with E-state index < -0.39 is 0 Å². The van der Waals surface area contributed by atoms with Crippen molar-refractivity contribution in [3.8, 4) is 0 Å². The second kappa shape index (κ2) is 7.46. The lowest BCUT2D eigenvalue weighted by molar-refractivity contribution is 0.319. The fourth-order valence-corrected chi connectivity index (χ4v) is 3.41. The molecular weight excluding hydrogens is 330 g/mol. The van der Waals surface area contributed by atoms with Gasteiger partial charge in [0.15, 0.2) is 0 Å². The van der Waals surface area contributed by atoms with Crippen LogP contribution in [-0.2, 0) is 13.1 Å². The molecule has 0 saturated carbocycles. The number of hydrogen-bond donors (Lipinski definition) is 0. The first-order chi connectivity index (χ1) is 12.0. The van der Waals surface area contributed by atoms with Gasteiger partial charge in [-0.2, -0.15) is 0 Å². The van der Waals surface area contributed by atoms with E-state index in [1.165, 1.54) is 16.0 Å². The van der Waals surface area contributed by atoms with Crippen molar-refractivity contribution in [1.82, 2.24) is 4.90 Å². The first-order valence-corrected chi connectivity index (χ1v) is 9.54. The molecule has 3 rings (SSSR count). The van der Waals surface area contributed by atoms with Gasteiger partial charge in [0.1, 0.15) is 5.58 Å². The molecule has 0 unspecified atom stereocenters. The molecule has 2 aromatic carbocycles. The van der Waals surface area contributed by atoms with E-state index in [2.05, 4.69) is 55.5 Å². The summed E-state index contributed by atoms with van der Waals surface area (Å²) >= 11 is 1.75. The van der Waals surface area contributed by atoms with Crippen LogP contribution in [0.2, 0.25) is 0 Å². The molecule has 25 heavy (non-hydrogen) atoms. The molecule has 130 valence electrons. The number of hydrogen-bond acceptors (Lipinski definition) is 4. The smallest absolute Gasteiger partial charge is 0.336 e. The van der Waals surface area contributed by atoms with E-state index >= 15 is 0 Å². The molecule has 1 heterocycles. The maximum Gasteiger partial charge on any atom is 0.336 e. The van der Waals surface area contributed by atoms with Crippen molar-refractivity contribution >= 4 is 22.7 Å². The molecule has 0 aliphatic heterocycles. The third kappa shape index (κ3) is 4.14. The summed E-state index contributed by atoms with van der Waals surface area (Å²) in [6, 6.07) is 14.3. The normalized spacial score (nSPS) is 11.4. The first kappa shape index (κ1) is 17.8. The molecule has 0 radical (unpaired) electrons. The second-order valence-corrected chi connectivity index (χ2v) is 7.42. The van der Waals surface area contributed by atoms with E-state index in [1.54, 1.807) is 17.8 Å². The van der Waals surface area contributed by atoms with Crippen molar-refractivity contribution in [2.24, 2.45) is 0 Å². The Kier molecular flexibility index (Phi) is 5.30. The minimum atomic E-state index is -0.288. The summed E-state index contributed by atoms with van der Waals surface area (Å²) in [5, 5.41) is 1.02. The predicted molar refractivity (Wildman–Crippen MR) is 105 cm³/mol. The number of aryl methyl sites for hydroxylation is 2. The van der Waals surface area contributed by atoms with Gasteiger partial charge in [-0.05, 0) is 73.7 Å². The molecule has 0 fully saturated rings. The zero-order valence-corrected chi connectivity index (χ0v) is 15.9. The second-order valence-electron chi connectivity index (χ2n) is 6.54. The van der Waals surface area contributed by atoms with Gasteiger partial charge >= 0.3 is 5.63 Å². The van der Waals surface area contributed by atoms with Crippen LogP contribution in [0.4, 0.5) is 0 Å². The maximum atomic E-state index is 11.9. The van der Waals surface area contributed by atoms with Gasteiger partial charge in [-0.15, -0.1) is 11.8 Å². The van der Waals surface area contributed by atoms with E-state index in [-0.39, 0.29) is 5.63 Å². The van der Waals surface area contributed by atoms with Gasteiger partial charge in [-0.3, -0.25) is 4.90 Å². The fraction of sp³-hybridized carbons (Fsp3) is 0.286. The molecule has 0 aliphatic rings. The van der Waals surface area contributed by atoms with Gasteiger partial charge in [0.2, 0.25) is 0 Å². The molecule has 0 saturated heterocycles. The highest BCUT2D eigenvalue weighted by molar-refractivity contribution is 7.98. The van der Waals surface area contributed by atoms with Gasteiger partial charge in [0, 0.05) is 29.4 Å². The van der Waals surface area contributed by atoms with Crippen LogP contribution >= 0.6 is 11.8 Å². The van der Waals surface area contributed by atoms with E-state index in [0.717, 1.165) is 23.1 Å². The Balaban J connectivity index is 1.86. The van der Waals surface area contributed by atoms with Crippen molar-refractivity contribution in [3.63, 3.8) is 0 Å². The maximum absolute atomic E-state index is 11.9. The Morgan fingerprint density at radius 2 is 1.68 bits per heavy atom. The zero-order valence-electron chi connectivity index (χ0n) is 15.1.